The summed E-state index contributed by atoms with van der Waals surface area (Å²) < 4.78 is 2.25. The first kappa shape index (κ1) is 20.5. The first-order valence-electron chi connectivity index (χ1n) is 10.6. The number of benzene rings is 1. The summed E-state index contributed by atoms with van der Waals surface area (Å²) >= 11 is 1.54. The molecule has 32 heavy (non-hydrogen) atoms. The molecule has 2 amide bonds. The lowest BCUT2D eigenvalue weighted by Crippen LogP contribution is -2.42. The predicted molar refractivity (Wildman–Crippen MR) is 122 cm³/mol. The molecule has 0 aliphatic carbocycles. The van der Waals surface area contributed by atoms with E-state index >= 15 is 0 Å². The average Bonchev–Trinajstić information content (AvgIpc) is 3.48. The lowest BCUT2D eigenvalue weighted by molar-refractivity contribution is -0.129. The number of nitrogens with one attached hydrogen (secondary N) is 1. The number of nitrogens with zero attached hydrogens (tertiary/aromatic N) is 5. The third kappa shape index (κ3) is 3.71. The Morgan fingerprint density at radius 1 is 1.25 bits per heavy atom. The average molecular weight is 447 g/mol. The molecule has 2 aliphatic heterocycles. The van der Waals surface area contributed by atoms with Crippen molar-refractivity contribution in [1.29, 1.82) is 5.26 Å². The number of imidazole rings is 1. The maximum atomic E-state index is 13.0. The van der Waals surface area contributed by atoms with Gasteiger partial charge in [0.1, 0.15) is 11.9 Å². The van der Waals surface area contributed by atoms with E-state index in [1.165, 1.54) is 4.90 Å². The SMILES string of the molecule is N#C[C@@H]1CSCN1C(=O)CNC(=O)c1ccnc2ccc(-c3cnc4n3CCCC4)cc12. The molecule has 0 saturated carbocycles. The van der Waals surface area contributed by atoms with E-state index in [-0.39, 0.29) is 18.4 Å². The lowest BCUT2D eigenvalue weighted by Gasteiger charge is -2.19. The highest BCUT2D eigenvalue weighted by atomic mass is 32.2. The summed E-state index contributed by atoms with van der Waals surface area (Å²) in [5, 5.41) is 12.6. The van der Waals surface area contributed by atoms with Gasteiger partial charge in [0.2, 0.25) is 5.91 Å². The maximum absolute atomic E-state index is 13.0. The number of nitriles is 1. The standard InChI is InChI=1S/C23H22N6O2S/c24-10-16-13-32-14-29(16)22(30)12-27-23(31)17-6-7-25-19-5-4-15(9-18(17)19)20-11-26-21-3-1-2-8-28(20)21/h4-7,9,11,16H,1-3,8,12-14H2,(H,27,31)/t16-/m1/s1. The summed E-state index contributed by atoms with van der Waals surface area (Å²) in [6.07, 6.45) is 6.78. The number of thioether (sulfide) groups is 1. The van der Waals surface area contributed by atoms with Crippen molar-refractivity contribution in [2.75, 3.05) is 18.2 Å². The minimum atomic E-state index is -0.435. The van der Waals surface area contributed by atoms with E-state index in [2.05, 4.69) is 25.9 Å². The van der Waals surface area contributed by atoms with E-state index in [9.17, 15) is 14.9 Å². The smallest absolute Gasteiger partial charge is 0.252 e. The summed E-state index contributed by atoms with van der Waals surface area (Å²) in [5.41, 5.74) is 3.21. The molecule has 0 unspecified atom stereocenters. The number of pyridine rings is 1. The molecule has 5 rings (SSSR count). The monoisotopic (exact) mass is 446 g/mol. The zero-order chi connectivity index (χ0) is 22.1. The van der Waals surface area contributed by atoms with Gasteiger partial charge in [0.15, 0.2) is 0 Å². The van der Waals surface area contributed by atoms with E-state index in [4.69, 9.17) is 0 Å². The summed E-state index contributed by atoms with van der Waals surface area (Å²) in [6.45, 7) is 0.806. The Morgan fingerprint density at radius 2 is 2.16 bits per heavy atom. The van der Waals surface area contributed by atoms with Gasteiger partial charge < -0.3 is 14.8 Å². The van der Waals surface area contributed by atoms with Crippen LogP contribution >= 0.6 is 11.8 Å². The highest BCUT2D eigenvalue weighted by Gasteiger charge is 2.29. The van der Waals surface area contributed by atoms with Crippen molar-refractivity contribution >= 4 is 34.5 Å². The Hall–Kier alpha value is -3.38. The summed E-state index contributed by atoms with van der Waals surface area (Å²) in [4.78, 5) is 35.9. The van der Waals surface area contributed by atoms with Gasteiger partial charge in [-0.1, -0.05) is 6.07 Å². The van der Waals surface area contributed by atoms with Gasteiger partial charge in [-0.25, -0.2) is 4.98 Å². The number of hydrogen-bond donors (Lipinski definition) is 1. The molecule has 0 bridgehead atoms. The van der Waals surface area contributed by atoms with E-state index in [1.54, 1.807) is 24.0 Å². The minimum absolute atomic E-state index is 0.142. The fourth-order valence-electron chi connectivity index (χ4n) is 4.30. The van der Waals surface area contributed by atoms with Crippen LogP contribution in [0.3, 0.4) is 0 Å². The van der Waals surface area contributed by atoms with Gasteiger partial charge in [0, 0.05) is 35.9 Å². The predicted octanol–water partition coefficient (Wildman–Crippen LogP) is 2.59. The molecular weight excluding hydrogens is 424 g/mol. The maximum Gasteiger partial charge on any atom is 0.252 e. The second-order valence-electron chi connectivity index (χ2n) is 7.95. The fourth-order valence-corrected chi connectivity index (χ4v) is 5.40. The molecule has 1 N–H and O–H groups in total. The number of fused-ring (bicyclic) bond motifs is 2. The second-order valence-corrected chi connectivity index (χ2v) is 8.95. The van der Waals surface area contributed by atoms with Crippen LogP contribution in [0.2, 0.25) is 0 Å². The molecule has 9 heteroatoms. The van der Waals surface area contributed by atoms with Gasteiger partial charge in [0.25, 0.3) is 5.91 Å². The Kier molecular flexibility index (Phi) is 5.53. The first-order chi connectivity index (χ1) is 15.7. The largest absolute Gasteiger partial charge is 0.343 e. The van der Waals surface area contributed by atoms with E-state index in [0.29, 0.717) is 22.7 Å². The Bertz CT molecular complexity index is 1250. The molecule has 1 atom stereocenters. The number of amides is 2. The molecular formula is C23H22N6O2S. The highest BCUT2D eigenvalue weighted by Crippen LogP contribution is 2.29. The van der Waals surface area contributed by atoms with E-state index in [1.807, 2.05) is 24.4 Å². The topological polar surface area (TPSA) is 104 Å². The number of hydrogen-bond acceptors (Lipinski definition) is 6. The van der Waals surface area contributed by atoms with Gasteiger partial charge in [-0.15, -0.1) is 11.8 Å². The highest BCUT2D eigenvalue weighted by molar-refractivity contribution is 7.99. The molecule has 2 aliphatic rings. The summed E-state index contributed by atoms with van der Waals surface area (Å²) in [7, 11) is 0. The van der Waals surface area contributed by atoms with E-state index < -0.39 is 6.04 Å². The van der Waals surface area contributed by atoms with Crippen molar-refractivity contribution in [2.45, 2.75) is 31.8 Å². The Balaban J connectivity index is 1.40. The van der Waals surface area contributed by atoms with Crippen LogP contribution in [0.15, 0.2) is 36.7 Å². The molecule has 3 aromatic rings. The van der Waals surface area contributed by atoms with Crippen LogP contribution < -0.4 is 5.32 Å². The molecule has 0 spiro atoms. The molecule has 4 heterocycles. The van der Waals surface area contributed by atoms with Crippen LogP contribution in [-0.4, -0.2) is 55.5 Å². The van der Waals surface area contributed by atoms with Crippen molar-refractivity contribution in [1.82, 2.24) is 24.8 Å². The van der Waals surface area contributed by atoms with Crippen molar-refractivity contribution in [2.24, 2.45) is 0 Å². The normalized spacial score (nSPS) is 17.7. The van der Waals surface area contributed by atoms with Crippen molar-refractivity contribution < 1.29 is 9.59 Å². The van der Waals surface area contributed by atoms with Crippen LogP contribution in [0.5, 0.6) is 0 Å². The molecule has 162 valence electrons. The minimum Gasteiger partial charge on any atom is -0.343 e. The number of rotatable bonds is 4. The molecule has 1 fully saturated rings. The first-order valence-corrected chi connectivity index (χ1v) is 11.8. The van der Waals surface area contributed by atoms with Gasteiger partial charge >= 0.3 is 0 Å². The number of aromatic nitrogens is 3. The Labute approximate surface area is 189 Å². The second kappa shape index (κ2) is 8.63. The molecule has 1 saturated heterocycles. The van der Waals surface area contributed by atoms with Gasteiger partial charge in [-0.05, 0) is 31.0 Å². The van der Waals surface area contributed by atoms with Crippen molar-refractivity contribution in [3.05, 3.63) is 48.0 Å². The van der Waals surface area contributed by atoms with Crippen molar-refractivity contribution in [3.63, 3.8) is 0 Å². The summed E-state index contributed by atoms with van der Waals surface area (Å²) in [5.74, 6) is 1.60. The Morgan fingerprint density at radius 3 is 3.03 bits per heavy atom. The zero-order valence-corrected chi connectivity index (χ0v) is 18.3. The van der Waals surface area contributed by atoms with Gasteiger partial charge in [-0.3, -0.25) is 14.6 Å². The van der Waals surface area contributed by atoms with Crippen LogP contribution in [0, 0.1) is 11.3 Å². The van der Waals surface area contributed by atoms with Crippen LogP contribution in [0.4, 0.5) is 0 Å². The summed E-state index contributed by atoms with van der Waals surface area (Å²) in [6, 6.07) is 9.26. The molecule has 1 aromatic carbocycles. The van der Waals surface area contributed by atoms with E-state index in [0.717, 1.165) is 48.3 Å². The van der Waals surface area contributed by atoms with Gasteiger partial charge in [0.05, 0.1) is 41.5 Å². The number of aryl methyl sites for hydroxylation is 1. The number of carbonyl (C=O) groups is 2. The quantitative estimate of drug-likeness (QED) is 0.661. The molecule has 8 nitrogen and oxygen atoms in total. The third-order valence-electron chi connectivity index (χ3n) is 6.00. The fraction of sp³-hybridized carbons (Fsp3) is 0.348. The molecule has 2 aromatic heterocycles. The lowest BCUT2D eigenvalue weighted by atomic mass is 10.0. The van der Waals surface area contributed by atoms with Crippen LogP contribution in [0.1, 0.15) is 29.0 Å². The zero-order valence-electron chi connectivity index (χ0n) is 17.5. The van der Waals surface area contributed by atoms with Gasteiger partial charge in [-0.2, -0.15) is 5.26 Å². The van der Waals surface area contributed by atoms with Crippen LogP contribution in [0.25, 0.3) is 22.2 Å². The third-order valence-corrected chi connectivity index (χ3v) is 7.02. The number of carbonyl (C=O) groups excluding carboxylic acids is 2. The van der Waals surface area contributed by atoms with Crippen molar-refractivity contribution in [3.8, 4) is 17.3 Å². The van der Waals surface area contributed by atoms with Crippen LogP contribution in [-0.2, 0) is 17.8 Å². The molecule has 0 radical (unpaired) electrons.